The van der Waals surface area contributed by atoms with Crippen LogP contribution in [0.2, 0.25) is 0 Å². The molecule has 0 aromatic carbocycles. The third-order valence-electron chi connectivity index (χ3n) is 4.06. The lowest BCUT2D eigenvalue weighted by Crippen LogP contribution is -2.38. The summed E-state index contributed by atoms with van der Waals surface area (Å²) in [6.07, 6.45) is 5.61. The van der Waals surface area contributed by atoms with E-state index < -0.39 is 0 Å². The van der Waals surface area contributed by atoms with E-state index in [0.717, 1.165) is 32.2 Å². The van der Waals surface area contributed by atoms with Crippen molar-refractivity contribution in [1.29, 1.82) is 0 Å². The largest absolute Gasteiger partial charge is 0.379 e. The molecule has 0 aromatic heterocycles. The summed E-state index contributed by atoms with van der Waals surface area (Å²) in [5.41, 5.74) is 0. The maximum absolute atomic E-state index is 5.38. The summed E-state index contributed by atoms with van der Waals surface area (Å²) in [7, 11) is 0. The zero-order valence-electron chi connectivity index (χ0n) is 11.4. The van der Waals surface area contributed by atoms with Gasteiger partial charge in [0.25, 0.3) is 0 Å². The Balaban J connectivity index is 1.57. The number of hydrogen-bond donors (Lipinski definition) is 0. The quantitative estimate of drug-likeness (QED) is 0.729. The number of nitrogens with zero attached hydrogens (tertiary/aromatic N) is 2. The van der Waals surface area contributed by atoms with Gasteiger partial charge in [0.1, 0.15) is 0 Å². The van der Waals surface area contributed by atoms with Crippen LogP contribution in [0.5, 0.6) is 0 Å². The third-order valence-corrected chi connectivity index (χ3v) is 4.06. The lowest BCUT2D eigenvalue weighted by molar-refractivity contribution is 0.0347. The first-order chi connectivity index (χ1) is 8.34. The molecule has 1 atom stereocenters. The van der Waals surface area contributed by atoms with Crippen molar-refractivity contribution in [2.24, 2.45) is 5.92 Å². The average molecular weight is 240 g/mol. The van der Waals surface area contributed by atoms with Crippen molar-refractivity contribution >= 4 is 0 Å². The van der Waals surface area contributed by atoms with Crippen LogP contribution < -0.4 is 0 Å². The van der Waals surface area contributed by atoms with Gasteiger partial charge in [0.05, 0.1) is 13.2 Å². The second-order valence-corrected chi connectivity index (χ2v) is 5.71. The molecule has 0 bridgehead atoms. The molecule has 0 amide bonds. The first kappa shape index (κ1) is 13.3. The molecule has 0 aromatic rings. The van der Waals surface area contributed by atoms with Gasteiger partial charge in [0.15, 0.2) is 0 Å². The van der Waals surface area contributed by atoms with Gasteiger partial charge in [-0.3, -0.25) is 4.90 Å². The molecule has 2 rings (SSSR count). The first-order valence-corrected chi connectivity index (χ1v) is 7.37. The van der Waals surface area contributed by atoms with Crippen LogP contribution in [-0.4, -0.2) is 62.3 Å². The molecule has 3 heteroatoms. The van der Waals surface area contributed by atoms with Crippen LogP contribution in [0, 0.1) is 5.92 Å². The van der Waals surface area contributed by atoms with Crippen molar-refractivity contribution in [2.75, 3.05) is 52.5 Å². The number of morpholine rings is 1. The van der Waals surface area contributed by atoms with Crippen LogP contribution in [0.15, 0.2) is 0 Å². The van der Waals surface area contributed by atoms with Crippen LogP contribution in [0.3, 0.4) is 0 Å². The minimum absolute atomic E-state index is 0.843. The van der Waals surface area contributed by atoms with Gasteiger partial charge in [-0.15, -0.1) is 0 Å². The van der Waals surface area contributed by atoms with Crippen molar-refractivity contribution in [3.63, 3.8) is 0 Å². The van der Waals surface area contributed by atoms with Crippen molar-refractivity contribution in [3.8, 4) is 0 Å². The molecule has 0 saturated carbocycles. The molecule has 17 heavy (non-hydrogen) atoms. The fourth-order valence-electron chi connectivity index (χ4n) is 2.90. The first-order valence-electron chi connectivity index (χ1n) is 7.37. The topological polar surface area (TPSA) is 15.7 Å². The minimum atomic E-state index is 0.843. The molecular weight excluding hydrogens is 212 g/mol. The second-order valence-electron chi connectivity index (χ2n) is 5.71. The Hall–Kier alpha value is -0.120. The second kappa shape index (κ2) is 7.34. The summed E-state index contributed by atoms with van der Waals surface area (Å²) < 4.78 is 5.38. The van der Waals surface area contributed by atoms with Crippen molar-refractivity contribution in [3.05, 3.63) is 0 Å². The molecule has 0 aliphatic carbocycles. The normalized spacial score (nSPS) is 25.9. The number of likely N-dealkylation sites (tertiary alicyclic amines) is 1. The van der Waals surface area contributed by atoms with E-state index in [0.29, 0.717) is 0 Å². The lowest BCUT2D eigenvalue weighted by atomic mass is 10.0. The summed E-state index contributed by atoms with van der Waals surface area (Å²) in [5, 5.41) is 0. The maximum atomic E-state index is 5.38. The highest BCUT2D eigenvalue weighted by molar-refractivity contribution is 4.69. The fourth-order valence-corrected chi connectivity index (χ4v) is 2.90. The standard InChI is InChI=1S/C14H28N2O/c1-14(13-16-6-3-2-4-7-16)5-8-15-9-11-17-12-10-15/h14H,2-13H2,1H3. The van der Waals surface area contributed by atoms with Crippen LogP contribution >= 0.6 is 0 Å². The van der Waals surface area contributed by atoms with E-state index in [9.17, 15) is 0 Å². The van der Waals surface area contributed by atoms with Gasteiger partial charge in [0.2, 0.25) is 0 Å². The van der Waals surface area contributed by atoms with E-state index in [1.807, 2.05) is 0 Å². The molecule has 0 N–H and O–H groups in total. The smallest absolute Gasteiger partial charge is 0.0594 e. The van der Waals surface area contributed by atoms with E-state index in [2.05, 4.69) is 16.7 Å². The summed E-state index contributed by atoms with van der Waals surface area (Å²) in [6.45, 7) is 11.8. The SMILES string of the molecule is CC(CCN1CCOCC1)CN1CCCCC1. The van der Waals surface area contributed by atoms with Gasteiger partial charge < -0.3 is 9.64 Å². The molecular formula is C14H28N2O. The Morgan fingerprint density at radius 1 is 0.941 bits per heavy atom. The molecule has 1 unspecified atom stereocenters. The summed E-state index contributed by atoms with van der Waals surface area (Å²) in [6, 6.07) is 0. The molecule has 2 aliphatic heterocycles. The molecule has 2 saturated heterocycles. The number of ether oxygens (including phenoxy) is 1. The third kappa shape index (κ3) is 4.94. The Morgan fingerprint density at radius 3 is 2.35 bits per heavy atom. The highest BCUT2D eigenvalue weighted by atomic mass is 16.5. The molecule has 100 valence electrons. The molecule has 2 fully saturated rings. The Bertz CT molecular complexity index is 198. The van der Waals surface area contributed by atoms with Gasteiger partial charge >= 0.3 is 0 Å². The van der Waals surface area contributed by atoms with Crippen molar-refractivity contribution in [2.45, 2.75) is 32.6 Å². The Labute approximate surface area is 106 Å². The minimum Gasteiger partial charge on any atom is -0.379 e. The van der Waals surface area contributed by atoms with Gasteiger partial charge in [-0.2, -0.15) is 0 Å². The molecule has 3 nitrogen and oxygen atoms in total. The Morgan fingerprint density at radius 2 is 1.65 bits per heavy atom. The zero-order valence-corrected chi connectivity index (χ0v) is 11.4. The van der Waals surface area contributed by atoms with Crippen molar-refractivity contribution in [1.82, 2.24) is 9.80 Å². The van der Waals surface area contributed by atoms with Gasteiger partial charge in [-0.25, -0.2) is 0 Å². The number of piperidine rings is 1. The molecule has 0 radical (unpaired) electrons. The fraction of sp³-hybridized carbons (Fsp3) is 1.00. The number of hydrogen-bond acceptors (Lipinski definition) is 3. The highest BCUT2D eigenvalue weighted by Gasteiger charge is 2.15. The predicted molar refractivity (Wildman–Crippen MR) is 71.3 cm³/mol. The van der Waals surface area contributed by atoms with Gasteiger partial charge in [-0.1, -0.05) is 13.3 Å². The number of rotatable bonds is 5. The van der Waals surface area contributed by atoms with Crippen LogP contribution in [0.25, 0.3) is 0 Å². The van der Waals surface area contributed by atoms with Crippen LogP contribution in [0.1, 0.15) is 32.6 Å². The van der Waals surface area contributed by atoms with E-state index in [4.69, 9.17) is 4.74 Å². The van der Waals surface area contributed by atoms with E-state index in [-0.39, 0.29) is 0 Å². The molecule has 2 aliphatic rings. The predicted octanol–water partition coefficient (Wildman–Crippen LogP) is 1.83. The summed E-state index contributed by atoms with van der Waals surface area (Å²) >= 11 is 0. The molecule has 2 heterocycles. The van der Waals surface area contributed by atoms with E-state index in [1.165, 1.54) is 51.9 Å². The Kier molecular flexibility index (Phi) is 5.75. The van der Waals surface area contributed by atoms with Gasteiger partial charge in [-0.05, 0) is 44.8 Å². The highest BCUT2D eigenvalue weighted by Crippen LogP contribution is 2.13. The lowest BCUT2D eigenvalue weighted by Gasteiger charge is -2.31. The van der Waals surface area contributed by atoms with Crippen LogP contribution in [-0.2, 0) is 4.74 Å². The zero-order chi connectivity index (χ0) is 11.9. The van der Waals surface area contributed by atoms with E-state index >= 15 is 0 Å². The summed E-state index contributed by atoms with van der Waals surface area (Å²) in [5.74, 6) is 0.843. The van der Waals surface area contributed by atoms with E-state index in [1.54, 1.807) is 0 Å². The average Bonchev–Trinajstić information content (AvgIpc) is 2.39. The monoisotopic (exact) mass is 240 g/mol. The maximum Gasteiger partial charge on any atom is 0.0594 e. The summed E-state index contributed by atoms with van der Waals surface area (Å²) in [4.78, 5) is 5.21. The van der Waals surface area contributed by atoms with Gasteiger partial charge in [0, 0.05) is 19.6 Å². The van der Waals surface area contributed by atoms with Crippen molar-refractivity contribution < 1.29 is 4.74 Å². The van der Waals surface area contributed by atoms with Crippen LogP contribution in [0.4, 0.5) is 0 Å². The molecule has 0 spiro atoms.